The summed E-state index contributed by atoms with van der Waals surface area (Å²) in [4.78, 5) is 0.776. The van der Waals surface area contributed by atoms with Crippen LogP contribution in [0.3, 0.4) is 0 Å². The molecule has 7 heteroatoms. The Hall–Kier alpha value is -0.733. The molecule has 1 aliphatic heterocycles. The van der Waals surface area contributed by atoms with Crippen molar-refractivity contribution in [3.8, 4) is 0 Å². The van der Waals surface area contributed by atoms with Gasteiger partial charge < -0.3 is 14.8 Å². The summed E-state index contributed by atoms with van der Waals surface area (Å²) in [5.41, 5.74) is 1.14. The minimum Gasteiger partial charge on any atom is -0.415 e. The highest BCUT2D eigenvalue weighted by atomic mass is 32.2. The predicted octanol–water partition coefficient (Wildman–Crippen LogP) is 5.08. The third-order valence-electron chi connectivity index (χ3n) is 6.30. The normalized spacial score (nSPS) is 27.0. The Morgan fingerprint density at radius 1 is 1.12 bits per heavy atom. The van der Waals surface area contributed by atoms with E-state index in [-0.39, 0.29) is 30.0 Å². The van der Waals surface area contributed by atoms with Crippen LogP contribution < -0.4 is 5.32 Å². The third kappa shape index (κ3) is 7.66. The third-order valence-corrected chi connectivity index (χ3v) is 9.76. The fourth-order valence-corrected chi connectivity index (χ4v) is 7.40. The van der Waals surface area contributed by atoms with Crippen molar-refractivity contribution in [2.24, 2.45) is 22.1 Å². The van der Waals surface area contributed by atoms with E-state index in [0.29, 0.717) is 18.3 Å². The van der Waals surface area contributed by atoms with E-state index in [1.165, 1.54) is 0 Å². The zero-order valence-electron chi connectivity index (χ0n) is 21.6. The van der Waals surface area contributed by atoms with Gasteiger partial charge in [-0.1, -0.05) is 52.3 Å². The van der Waals surface area contributed by atoms with Crippen LogP contribution in [0.5, 0.6) is 0 Å². The second-order valence-electron chi connectivity index (χ2n) is 11.3. The van der Waals surface area contributed by atoms with Crippen LogP contribution in [0, 0.1) is 24.7 Å². The van der Waals surface area contributed by atoms with E-state index in [2.05, 4.69) is 59.6 Å². The summed E-state index contributed by atoms with van der Waals surface area (Å²) >= 11 is 0. The first-order chi connectivity index (χ1) is 14.7. The van der Waals surface area contributed by atoms with Crippen molar-refractivity contribution in [3.63, 3.8) is 0 Å². The molecule has 0 spiro atoms. The van der Waals surface area contributed by atoms with Crippen LogP contribution in [-0.2, 0) is 14.2 Å². The molecule has 1 saturated heterocycles. The van der Waals surface area contributed by atoms with Crippen LogP contribution in [0.4, 0.5) is 0 Å². The number of nitrogens with zero attached hydrogens (tertiary/aromatic N) is 1. The topological polar surface area (TPSA) is 70.9 Å². The molecule has 5 nitrogen and oxygen atoms in total. The monoisotopic (exact) mass is 482 g/mol. The van der Waals surface area contributed by atoms with E-state index in [1.807, 2.05) is 31.2 Å². The van der Waals surface area contributed by atoms with Crippen molar-refractivity contribution in [2.45, 2.75) is 96.7 Å². The molecule has 0 aliphatic carbocycles. The van der Waals surface area contributed by atoms with Gasteiger partial charge in [0.15, 0.2) is 8.32 Å². The molecule has 0 bridgehead atoms. The van der Waals surface area contributed by atoms with Crippen molar-refractivity contribution >= 4 is 18.0 Å². The molecule has 184 valence electrons. The molecule has 1 aromatic carbocycles. The Morgan fingerprint density at radius 3 is 2.22 bits per heavy atom. The van der Waals surface area contributed by atoms with Crippen LogP contribution in [0.2, 0.25) is 19.6 Å². The molecular weight excluding hydrogens is 436 g/mol. The molecule has 6 atom stereocenters. The van der Waals surface area contributed by atoms with Crippen LogP contribution >= 0.6 is 0 Å². The van der Waals surface area contributed by atoms with Crippen molar-refractivity contribution in [1.29, 1.82) is 0 Å². The average Bonchev–Trinajstić information content (AvgIpc) is 2.91. The molecule has 32 heavy (non-hydrogen) atoms. The molecule has 1 unspecified atom stereocenters. The van der Waals surface area contributed by atoms with Gasteiger partial charge in [-0.25, -0.2) is 8.57 Å². The first-order valence-electron chi connectivity index (χ1n) is 12.1. The van der Waals surface area contributed by atoms with Crippen LogP contribution in [0.1, 0.15) is 46.6 Å². The lowest BCUT2D eigenvalue weighted by atomic mass is 9.95. The second kappa shape index (κ2) is 11.1. The van der Waals surface area contributed by atoms with E-state index in [0.717, 1.165) is 16.9 Å². The maximum atomic E-state index is 14.5. The molecule has 1 aromatic rings. The second-order valence-corrected chi connectivity index (χ2v) is 18.1. The number of aliphatic hydroxyl groups excluding tert-OH is 1. The zero-order valence-corrected chi connectivity index (χ0v) is 23.4. The summed E-state index contributed by atoms with van der Waals surface area (Å²) in [7, 11) is -4.41. The summed E-state index contributed by atoms with van der Waals surface area (Å²) in [5, 5.41) is 14.4. The van der Waals surface area contributed by atoms with Gasteiger partial charge in [0.05, 0.1) is 34.2 Å². The van der Waals surface area contributed by atoms with E-state index in [4.69, 9.17) is 8.79 Å². The van der Waals surface area contributed by atoms with Gasteiger partial charge in [-0.05, 0) is 62.9 Å². The lowest BCUT2D eigenvalue weighted by Crippen LogP contribution is -2.38. The van der Waals surface area contributed by atoms with Gasteiger partial charge in [-0.2, -0.15) is 0 Å². The summed E-state index contributed by atoms with van der Waals surface area (Å²) in [6, 6.07) is 7.79. The Balaban J connectivity index is 2.42. The maximum absolute atomic E-state index is 14.5. The molecule has 0 aromatic heterocycles. The summed E-state index contributed by atoms with van der Waals surface area (Å²) in [6.45, 7) is 19.7. The van der Waals surface area contributed by atoms with Crippen molar-refractivity contribution in [2.75, 3.05) is 12.4 Å². The SMILES string of the molecule is Cc1ccc(S(=O)(C[C@H]2N[C@@H](CC(C)C)[C@@H](O)[C@H]2C)=N[C@@H](CO[Si](C)(C)C)C(C)C)cc1. The molecule has 1 aliphatic rings. The van der Waals surface area contributed by atoms with Gasteiger partial charge in [0.1, 0.15) is 0 Å². The van der Waals surface area contributed by atoms with Crippen LogP contribution in [0.15, 0.2) is 33.5 Å². The molecule has 2 rings (SSSR count). The average molecular weight is 483 g/mol. The Kier molecular flexibility index (Phi) is 9.57. The minimum absolute atomic E-state index is 0.0240. The highest BCUT2D eigenvalue weighted by Crippen LogP contribution is 2.29. The Labute approximate surface area is 198 Å². The summed E-state index contributed by atoms with van der Waals surface area (Å²) in [6.07, 6.45) is 0.476. The van der Waals surface area contributed by atoms with Gasteiger partial charge in [-0.3, -0.25) is 0 Å². The van der Waals surface area contributed by atoms with Gasteiger partial charge >= 0.3 is 0 Å². The molecule has 1 heterocycles. The molecule has 0 radical (unpaired) electrons. The quantitative estimate of drug-likeness (QED) is 0.456. The first-order valence-corrected chi connectivity index (χ1v) is 17.2. The number of hydrogen-bond donors (Lipinski definition) is 2. The number of nitrogens with one attached hydrogen (secondary N) is 1. The molecule has 0 amide bonds. The number of rotatable bonds is 10. The van der Waals surface area contributed by atoms with Crippen LogP contribution in [0.25, 0.3) is 0 Å². The Morgan fingerprint density at radius 2 is 1.72 bits per heavy atom. The minimum atomic E-state index is -2.70. The lowest BCUT2D eigenvalue weighted by Gasteiger charge is -2.26. The fourth-order valence-electron chi connectivity index (χ4n) is 4.14. The van der Waals surface area contributed by atoms with E-state index >= 15 is 0 Å². The van der Waals surface area contributed by atoms with Gasteiger partial charge in [0.25, 0.3) is 0 Å². The van der Waals surface area contributed by atoms with Crippen LogP contribution in [-0.4, -0.2) is 54.2 Å². The fraction of sp³-hybridized carbons (Fsp3) is 0.760. The zero-order chi connectivity index (χ0) is 24.3. The van der Waals surface area contributed by atoms with Gasteiger partial charge in [0.2, 0.25) is 0 Å². The number of hydrogen-bond acceptors (Lipinski definition) is 5. The number of benzene rings is 1. The Bertz CT molecular complexity index is 842. The summed E-state index contributed by atoms with van der Waals surface area (Å²) in [5.74, 6) is 1.14. The molecular formula is C25H46N2O3SSi. The summed E-state index contributed by atoms with van der Waals surface area (Å²) < 4.78 is 25.8. The van der Waals surface area contributed by atoms with Gasteiger partial charge in [-0.15, -0.1) is 0 Å². The van der Waals surface area contributed by atoms with Crippen molar-refractivity contribution in [1.82, 2.24) is 5.32 Å². The van der Waals surface area contributed by atoms with E-state index < -0.39 is 24.2 Å². The highest BCUT2D eigenvalue weighted by Gasteiger charge is 2.41. The number of aryl methyl sites for hydroxylation is 1. The molecule has 1 fully saturated rings. The maximum Gasteiger partial charge on any atom is 0.183 e. The van der Waals surface area contributed by atoms with E-state index in [9.17, 15) is 9.32 Å². The van der Waals surface area contributed by atoms with Crippen molar-refractivity contribution < 1.29 is 13.7 Å². The molecule has 0 saturated carbocycles. The highest BCUT2D eigenvalue weighted by molar-refractivity contribution is 7.93. The number of aliphatic hydroxyl groups is 1. The lowest BCUT2D eigenvalue weighted by molar-refractivity contribution is 0.113. The molecule has 2 N–H and O–H groups in total. The van der Waals surface area contributed by atoms with Gasteiger partial charge in [0, 0.05) is 17.0 Å². The first kappa shape index (κ1) is 27.5. The smallest absolute Gasteiger partial charge is 0.183 e. The largest absolute Gasteiger partial charge is 0.415 e. The predicted molar refractivity (Wildman–Crippen MR) is 138 cm³/mol. The van der Waals surface area contributed by atoms with Crippen molar-refractivity contribution in [3.05, 3.63) is 29.8 Å². The van der Waals surface area contributed by atoms with E-state index in [1.54, 1.807) is 0 Å². The standard InChI is InChI=1S/C25H46N2O3SSi/c1-17(2)14-22-25(28)20(6)24(26-22)16-31(29,21-12-10-19(5)11-13-21)27-23(18(3)4)15-30-32(7,8)9/h10-13,17-18,20,22-26,28H,14-16H2,1-9H3/t20-,22-,23-,24+,25-,31?/m0/s1.